The third-order valence-corrected chi connectivity index (χ3v) is 4.28. The number of piperidine rings is 1. The van der Waals surface area contributed by atoms with Crippen LogP contribution >= 0.6 is 0 Å². The van der Waals surface area contributed by atoms with Crippen LogP contribution in [0.3, 0.4) is 0 Å². The Morgan fingerprint density at radius 1 is 1.28 bits per heavy atom. The first kappa shape index (κ1) is 13.8. The molecule has 4 heteroatoms. The standard InChI is InChI=1S/C14H27N3O/c1-11(2)16-8-4-6-13(10-16)17-9-5-7-15-12(3)14(17)18/h11-13,15H,4-10H2,1-3H3. The van der Waals surface area contributed by atoms with Gasteiger partial charge in [0.15, 0.2) is 0 Å². The second-order valence-corrected chi connectivity index (χ2v) is 5.95. The summed E-state index contributed by atoms with van der Waals surface area (Å²) in [6.45, 7) is 10.6. The van der Waals surface area contributed by atoms with E-state index in [4.69, 9.17) is 0 Å². The van der Waals surface area contributed by atoms with Gasteiger partial charge in [-0.15, -0.1) is 0 Å². The van der Waals surface area contributed by atoms with E-state index in [0.29, 0.717) is 18.0 Å². The smallest absolute Gasteiger partial charge is 0.239 e. The molecule has 2 unspecified atom stereocenters. The van der Waals surface area contributed by atoms with Crippen molar-refractivity contribution in [3.8, 4) is 0 Å². The van der Waals surface area contributed by atoms with Gasteiger partial charge < -0.3 is 10.2 Å². The van der Waals surface area contributed by atoms with E-state index in [-0.39, 0.29) is 6.04 Å². The quantitative estimate of drug-likeness (QED) is 0.799. The van der Waals surface area contributed by atoms with Crippen LogP contribution in [0, 0.1) is 0 Å². The van der Waals surface area contributed by atoms with E-state index in [0.717, 1.165) is 26.1 Å². The highest BCUT2D eigenvalue weighted by atomic mass is 16.2. The number of rotatable bonds is 2. The molecule has 2 saturated heterocycles. The lowest BCUT2D eigenvalue weighted by atomic mass is 10.0. The van der Waals surface area contributed by atoms with Gasteiger partial charge in [-0.05, 0) is 53.1 Å². The Hall–Kier alpha value is -0.610. The van der Waals surface area contributed by atoms with Gasteiger partial charge in [0.25, 0.3) is 0 Å². The molecule has 0 spiro atoms. The average Bonchev–Trinajstić information content (AvgIpc) is 2.53. The SMILES string of the molecule is CC1NCCCN(C2CCCN(C(C)C)C2)C1=O. The molecule has 1 N–H and O–H groups in total. The average molecular weight is 253 g/mol. The molecule has 1 amide bonds. The van der Waals surface area contributed by atoms with Crippen molar-refractivity contribution >= 4 is 5.91 Å². The Morgan fingerprint density at radius 3 is 2.78 bits per heavy atom. The van der Waals surface area contributed by atoms with E-state index < -0.39 is 0 Å². The third-order valence-electron chi connectivity index (χ3n) is 4.28. The highest BCUT2D eigenvalue weighted by molar-refractivity contribution is 5.82. The summed E-state index contributed by atoms with van der Waals surface area (Å²) < 4.78 is 0. The summed E-state index contributed by atoms with van der Waals surface area (Å²) in [6, 6.07) is 1.00. The number of amides is 1. The molecule has 0 radical (unpaired) electrons. The summed E-state index contributed by atoms with van der Waals surface area (Å²) >= 11 is 0. The van der Waals surface area contributed by atoms with Crippen molar-refractivity contribution in [2.75, 3.05) is 26.2 Å². The highest BCUT2D eigenvalue weighted by Gasteiger charge is 2.32. The van der Waals surface area contributed by atoms with Crippen molar-refractivity contribution in [2.24, 2.45) is 0 Å². The number of likely N-dealkylation sites (tertiary alicyclic amines) is 1. The van der Waals surface area contributed by atoms with Crippen LogP contribution in [0.1, 0.15) is 40.0 Å². The topological polar surface area (TPSA) is 35.6 Å². The lowest BCUT2D eigenvalue weighted by Gasteiger charge is -2.41. The van der Waals surface area contributed by atoms with E-state index in [9.17, 15) is 4.79 Å². The Labute approximate surface area is 111 Å². The number of nitrogens with one attached hydrogen (secondary N) is 1. The van der Waals surface area contributed by atoms with Crippen molar-refractivity contribution in [2.45, 2.75) is 58.2 Å². The molecule has 0 aromatic rings. The summed E-state index contributed by atoms with van der Waals surface area (Å²) in [6.07, 6.45) is 3.46. The molecule has 0 aromatic heterocycles. The molecule has 2 rings (SSSR count). The van der Waals surface area contributed by atoms with Gasteiger partial charge in [0.1, 0.15) is 0 Å². The van der Waals surface area contributed by atoms with Crippen LogP contribution in [0.2, 0.25) is 0 Å². The van der Waals surface area contributed by atoms with Crippen LogP contribution < -0.4 is 5.32 Å². The lowest BCUT2D eigenvalue weighted by molar-refractivity contribution is -0.135. The molecule has 0 aliphatic carbocycles. The van der Waals surface area contributed by atoms with E-state index >= 15 is 0 Å². The number of nitrogens with zero attached hydrogens (tertiary/aromatic N) is 2. The highest BCUT2D eigenvalue weighted by Crippen LogP contribution is 2.19. The van der Waals surface area contributed by atoms with Crippen molar-refractivity contribution in [3.63, 3.8) is 0 Å². The van der Waals surface area contributed by atoms with Gasteiger partial charge in [-0.3, -0.25) is 9.69 Å². The van der Waals surface area contributed by atoms with Gasteiger partial charge in [-0.2, -0.15) is 0 Å². The Kier molecular flexibility index (Phi) is 4.62. The fourth-order valence-electron chi connectivity index (χ4n) is 3.08. The molecule has 104 valence electrons. The fourth-order valence-corrected chi connectivity index (χ4v) is 3.08. The van der Waals surface area contributed by atoms with Crippen LogP contribution in [0.25, 0.3) is 0 Å². The van der Waals surface area contributed by atoms with Crippen LogP contribution in [0.4, 0.5) is 0 Å². The van der Waals surface area contributed by atoms with Crippen LogP contribution in [0.5, 0.6) is 0 Å². The molecule has 2 aliphatic rings. The molecule has 2 fully saturated rings. The van der Waals surface area contributed by atoms with Gasteiger partial charge >= 0.3 is 0 Å². The summed E-state index contributed by atoms with van der Waals surface area (Å²) in [5.41, 5.74) is 0. The zero-order chi connectivity index (χ0) is 13.1. The first-order valence-electron chi connectivity index (χ1n) is 7.37. The molecule has 0 bridgehead atoms. The van der Waals surface area contributed by atoms with E-state index in [1.54, 1.807) is 0 Å². The van der Waals surface area contributed by atoms with E-state index in [1.165, 1.54) is 19.4 Å². The van der Waals surface area contributed by atoms with Crippen molar-refractivity contribution in [1.82, 2.24) is 15.1 Å². The minimum Gasteiger partial charge on any atom is -0.337 e. The number of carbonyl (C=O) groups is 1. The van der Waals surface area contributed by atoms with Gasteiger partial charge in [0.05, 0.1) is 6.04 Å². The molecule has 18 heavy (non-hydrogen) atoms. The normalized spacial score (nSPS) is 31.8. The third kappa shape index (κ3) is 3.04. The van der Waals surface area contributed by atoms with E-state index in [2.05, 4.69) is 29.0 Å². The predicted octanol–water partition coefficient (Wildman–Crippen LogP) is 1.07. The number of carbonyl (C=O) groups excluding carboxylic acids is 1. The second-order valence-electron chi connectivity index (χ2n) is 5.95. The molecule has 0 saturated carbocycles. The zero-order valence-corrected chi connectivity index (χ0v) is 12.0. The minimum absolute atomic E-state index is 0.0121. The van der Waals surface area contributed by atoms with Gasteiger partial charge in [0, 0.05) is 25.2 Å². The molecular formula is C14H27N3O. The fraction of sp³-hybridized carbons (Fsp3) is 0.929. The van der Waals surface area contributed by atoms with E-state index in [1.807, 2.05) is 6.92 Å². The van der Waals surface area contributed by atoms with Crippen molar-refractivity contribution in [1.29, 1.82) is 0 Å². The number of hydrogen-bond acceptors (Lipinski definition) is 3. The van der Waals surface area contributed by atoms with Gasteiger partial charge in [-0.1, -0.05) is 0 Å². The first-order valence-corrected chi connectivity index (χ1v) is 7.37. The summed E-state index contributed by atoms with van der Waals surface area (Å²) in [7, 11) is 0. The maximum Gasteiger partial charge on any atom is 0.239 e. The largest absolute Gasteiger partial charge is 0.337 e. The molecule has 4 nitrogen and oxygen atoms in total. The van der Waals surface area contributed by atoms with Crippen molar-refractivity contribution < 1.29 is 4.79 Å². The predicted molar refractivity (Wildman–Crippen MR) is 73.5 cm³/mol. The van der Waals surface area contributed by atoms with Crippen LogP contribution in [0.15, 0.2) is 0 Å². The maximum atomic E-state index is 12.4. The maximum absolute atomic E-state index is 12.4. The van der Waals surface area contributed by atoms with Crippen LogP contribution in [-0.2, 0) is 4.79 Å². The molecule has 2 heterocycles. The molecule has 2 atom stereocenters. The summed E-state index contributed by atoms with van der Waals surface area (Å²) in [5, 5.41) is 3.29. The Balaban J connectivity index is 2.02. The summed E-state index contributed by atoms with van der Waals surface area (Å²) in [4.78, 5) is 17.0. The van der Waals surface area contributed by atoms with Crippen molar-refractivity contribution in [3.05, 3.63) is 0 Å². The van der Waals surface area contributed by atoms with Gasteiger partial charge in [-0.25, -0.2) is 0 Å². The molecule has 0 aromatic carbocycles. The zero-order valence-electron chi connectivity index (χ0n) is 12.0. The minimum atomic E-state index is -0.0121. The van der Waals surface area contributed by atoms with Crippen LogP contribution in [-0.4, -0.2) is 60.0 Å². The lowest BCUT2D eigenvalue weighted by Crippen LogP contribution is -2.54. The van der Waals surface area contributed by atoms with Gasteiger partial charge in [0.2, 0.25) is 5.91 Å². The Bertz CT molecular complexity index is 293. The summed E-state index contributed by atoms with van der Waals surface area (Å²) in [5.74, 6) is 0.295. The number of hydrogen-bond donors (Lipinski definition) is 1. The monoisotopic (exact) mass is 253 g/mol. The first-order chi connectivity index (χ1) is 8.59. The Morgan fingerprint density at radius 2 is 2.06 bits per heavy atom. The molecular weight excluding hydrogens is 226 g/mol. The second kappa shape index (κ2) is 6.02. The molecule has 2 aliphatic heterocycles.